The molecule has 0 saturated carbocycles. The Hall–Kier alpha value is -1.03. The molecular weight excluding hydrogens is 154 g/mol. The van der Waals surface area contributed by atoms with Gasteiger partial charge in [-0.25, -0.2) is 5.10 Å². The highest BCUT2D eigenvalue weighted by molar-refractivity contribution is 6.30. The summed E-state index contributed by atoms with van der Waals surface area (Å²) in [7, 11) is 0. The lowest BCUT2D eigenvalue weighted by atomic mass is 10.3. The zero-order valence-corrected chi connectivity index (χ0v) is 6.07. The molecule has 0 saturated heterocycles. The van der Waals surface area contributed by atoms with Gasteiger partial charge in [0.15, 0.2) is 5.15 Å². The van der Waals surface area contributed by atoms with Crippen LogP contribution < -0.4 is 11.3 Å². The lowest BCUT2D eigenvalue weighted by molar-refractivity contribution is 0.980. The minimum atomic E-state index is -0.401. The predicted molar refractivity (Wildman–Crippen MR) is 39.0 cm³/mol. The maximum absolute atomic E-state index is 10.7. The van der Waals surface area contributed by atoms with Gasteiger partial charge in [0.25, 0.3) is 5.56 Å². The van der Waals surface area contributed by atoms with Crippen LogP contribution in [0.1, 0.15) is 5.56 Å². The van der Waals surface area contributed by atoms with E-state index in [1.807, 2.05) is 0 Å². The largest absolute Gasteiger partial charge is 0.394 e. The fraction of sp³-hybridized carbons (Fsp3) is 0.200. The molecule has 54 valence electrons. The number of aromatic amines is 1. The van der Waals surface area contributed by atoms with Crippen LogP contribution in [0.25, 0.3) is 0 Å². The minimum absolute atomic E-state index is 0.125. The molecule has 0 unspecified atom stereocenters. The second-order valence-electron chi connectivity index (χ2n) is 1.88. The van der Waals surface area contributed by atoms with Crippen molar-refractivity contribution in [1.82, 2.24) is 10.2 Å². The van der Waals surface area contributed by atoms with Crippen LogP contribution >= 0.6 is 11.6 Å². The molecule has 0 aliphatic rings. The van der Waals surface area contributed by atoms with Crippen molar-refractivity contribution in [1.29, 1.82) is 0 Å². The molecule has 0 fully saturated rings. The lowest BCUT2D eigenvalue weighted by Gasteiger charge is -1.96. The summed E-state index contributed by atoms with van der Waals surface area (Å²) in [6.07, 6.45) is 0. The SMILES string of the molecule is Cc1c(Cl)n[nH]c(=O)c1N. The normalized spacial score (nSPS) is 9.80. The molecule has 4 nitrogen and oxygen atoms in total. The number of H-pyrrole nitrogens is 1. The lowest BCUT2D eigenvalue weighted by Crippen LogP contribution is -2.14. The molecule has 3 N–H and O–H groups in total. The van der Waals surface area contributed by atoms with Crippen molar-refractivity contribution < 1.29 is 0 Å². The van der Waals surface area contributed by atoms with Gasteiger partial charge in [-0.1, -0.05) is 11.6 Å². The monoisotopic (exact) mass is 159 g/mol. The Morgan fingerprint density at radius 2 is 2.30 bits per heavy atom. The van der Waals surface area contributed by atoms with E-state index in [1.54, 1.807) is 6.92 Å². The smallest absolute Gasteiger partial charge is 0.287 e. The molecule has 0 radical (unpaired) electrons. The first-order valence-corrected chi connectivity index (χ1v) is 3.01. The maximum atomic E-state index is 10.7. The van der Waals surface area contributed by atoms with Crippen molar-refractivity contribution in [2.75, 3.05) is 5.73 Å². The number of nitrogens with zero attached hydrogens (tertiary/aromatic N) is 1. The molecule has 0 spiro atoms. The van der Waals surface area contributed by atoms with Crippen molar-refractivity contribution in [3.05, 3.63) is 21.1 Å². The third kappa shape index (κ3) is 0.974. The van der Waals surface area contributed by atoms with Gasteiger partial charge < -0.3 is 5.73 Å². The average molecular weight is 160 g/mol. The first kappa shape index (κ1) is 7.08. The van der Waals surface area contributed by atoms with E-state index >= 15 is 0 Å². The van der Waals surface area contributed by atoms with E-state index in [4.69, 9.17) is 17.3 Å². The zero-order chi connectivity index (χ0) is 7.72. The maximum Gasteiger partial charge on any atom is 0.287 e. The highest BCUT2D eigenvalue weighted by atomic mass is 35.5. The summed E-state index contributed by atoms with van der Waals surface area (Å²) < 4.78 is 0. The highest BCUT2D eigenvalue weighted by Gasteiger charge is 2.02. The molecule has 1 aromatic rings. The van der Waals surface area contributed by atoms with E-state index in [2.05, 4.69) is 10.2 Å². The minimum Gasteiger partial charge on any atom is -0.394 e. The third-order valence-corrected chi connectivity index (χ3v) is 1.58. The molecule has 1 rings (SSSR count). The Kier molecular flexibility index (Phi) is 1.63. The number of nitrogen functional groups attached to an aromatic ring is 1. The van der Waals surface area contributed by atoms with E-state index in [0.29, 0.717) is 5.56 Å². The van der Waals surface area contributed by atoms with Crippen molar-refractivity contribution >= 4 is 17.3 Å². The summed E-state index contributed by atoms with van der Waals surface area (Å²) >= 11 is 5.52. The number of hydrogen-bond donors (Lipinski definition) is 2. The second kappa shape index (κ2) is 2.30. The first-order chi connectivity index (χ1) is 4.63. The van der Waals surface area contributed by atoms with Gasteiger partial charge in [-0.05, 0) is 6.92 Å². The molecular formula is C5H6ClN3O. The number of nitrogens with one attached hydrogen (secondary N) is 1. The summed E-state index contributed by atoms with van der Waals surface area (Å²) in [4.78, 5) is 10.7. The van der Waals surface area contributed by atoms with Gasteiger partial charge in [-0.15, -0.1) is 0 Å². The Balaban J connectivity index is 3.49. The number of halogens is 1. The van der Waals surface area contributed by atoms with Gasteiger partial charge in [0, 0.05) is 5.56 Å². The van der Waals surface area contributed by atoms with Gasteiger partial charge in [0.2, 0.25) is 0 Å². The predicted octanol–water partition coefficient (Wildman–Crippen LogP) is 0.314. The van der Waals surface area contributed by atoms with E-state index < -0.39 is 5.56 Å². The summed E-state index contributed by atoms with van der Waals surface area (Å²) in [5.41, 5.74) is 5.56. The van der Waals surface area contributed by atoms with Gasteiger partial charge in [0.1, 0.15) is 5.69 Å². The number of aromatic nitrogens is 2. The number of nitrogens with two attached hydrogens (primary N) is 1. The Morgan fingerprint density at radius 1 is 1.70 bits per heavy atom. The van der Waals surface area contributed by atoms with Crippen LogP contribution in [0.4, 0.5) is 5.69 Å². The van der Waals surface area contributed by atoms with E-state index in [1.165, 1.54) is 0 Å². The second-order valence-corrected chi connectivity index (χ2v) is 2.24. The van der Waals surface area contributed by atoms with Crippen LogP contribution in [0.3, 0.4) is 0 Å². The van der Waals surface area contributed by atoms with Gasteiger partial charge >= 0.3 is 0 Å². The fourth-order valence-electron chi connectivity index (χ4n) is 0.525. The summed E-state index contributed by atoms with van der Waals surface area (Å²) in [6.45, 7) is 1.64. The van der Waals surface area contributed by atoms with Crippen molar-refractivity contribution in [2.45, 2.75) is 6.92 Å². The van der Waals surface area contributed by atoms with Crippen LogP contribution in [0.15, 0.2) is 4.79 Å². The Labute approximate surface area is 62.0 Å². The Morgan fingerprint density at radius 3 is 2.80 bits per heavy atom. The third-order valence-electron chi connectivity index (χ3n) is 1.21. The van der Waals surface area contributed by atoms with E-state index in [-0.39, 0.29) is 10.8 Å². The summed E-state index contributed by atoms with van der Waals surface area (Å²) in [5.74, 6) is 0. The fourth-order valence-corrected chi connectivity index (χ4v) is 0.669. The Bertz CT molecular complexity index is 306. The molecule has 10 heavy (non-hydrogen) atoms. The van der Waals surface area contributed by atoms with Crippen molar-refractivity contribution in [2.24, 2.45) is 0 Å². The van der Waals surface area contributed by atoms with Crippen LogP contribution in [0.2, 0.25) is 5.15 Å². The highest BCUT2D eigenvalue weighted by Crippen LogP contribution is 2.11. The molecule has 0 amide bonds. The molecule has 0 atom stereocenters. The van der Waals surface area contributed by atoms with Gasteiger partial charge in [0.05, 0.1) is 0 Å². The van der Waals surface area contributed by atoms with Crippen LogP contribution in [-0.4, -0.2) is 10.2 Å². The first-order valence-electron chi connectivity index (χ1n) is 2.63. The molecule has 0 bridgehead atoms. The van der Waals surface area contributed by atoms with Crippen LogP contribution in [0.5, 0.6) is 0 Å². The van der Waals surface area contributed by atoms with E-state index in [9.17, 15) is 4.79 Å². The number of rotatable bonds is 0. The van der Waals surface area contributed by atoms with E-state index in [0.717, 1.165) is 0 Å². The standard InChI is InChI=1S/C5H6ClN3O/c1-2-3(7)5(10)9-8-4(2)6/h1H3,(H2,7,8)(H,9,10). The van der Waals surface area contributed by atoms with Gasteiger partial charge in [-0.3, -0.25) is 4.79 Å². The summed E-state index contributed by atoms with van der Waals surface area (Å²) in [5, 5.41) is 5.87. The molecule has 0 aliphatic heterocycles. The topological polar surface area (TPSA) is 71.8 Å². The van der Waals surface area contributed by atoms with Gasteiger partial charge in [-0.2, -0.15) is 5.10 Å². The average Bonchev–Trinajstić information content (AvgIpc) is 1.93. The van der Waals surface area contributed by atoms with Crippen LogP contribution in [-0.2, 0) is 0 Å². The van der Waals surface area contributed by atoms with Crippen molar-refractivity contribution in [3.8, 4) is 0 Å². The summed E-state index contributed by atoms with van der Waals surface area (Å²) in [6, 6.07) is 0. The molecule has 0 aromatic carbocycles. The number of anilines is 1. The number of hydrogen-bond acceptors (Lipinski definition) is 3. The van der Waals surface area contributed by atoms with Crippen molar-refractivity contribution in [3.63, 3.8) is 0 Å². The quantitative estimate of drug-likeness (QED) is 0.573. The zero-order valence-electron chi connectivity index (χ0n) is 5.31. The molecule has 1 aromatic heterocycles. The molecule has 1 heterocycles. The van der Waals surface area contributed by atoms with Crippen LogP contribution in [0, 0.1) is 6.92 Å². The molecule has 5 heteroatoms. The molecule has 0 aliphatic carbocycles.